The molecule has 0 aliphatic rings. The normalized spacial score (nSPS) is 12.7. The maximum Gasteiger partial charge on any atom is 0.119 e. The molecule has 0 aliphatic carbocycles. The third kappa shape index (κ3) is 7.82. The third-order valence-corrected chi connectivity index (χ3v) is 2.54. The molecule has 0 spiro atoms. The van der Waals surface area contributed by atoms with E-state index in [9.17, 15) is 5.11 Å². The highest BCUT2D eigenvalue weighted by molar-refractivity contribution is 5.27. The van der Waals surface area contributed by atoms with E-state index >= 15 is 0 Å². The second-order valence-corrected chi connectivity index (χ2v) is 4.91. The largest absolute Gasteiger partial charge is 0.491 e. The Bertz CT molecular complexity index is 355. The molecule has 2 N–H and O–H groups in total. The van der Waals surface area contributed by atoms with Crippen molar-refractivity contribution in [3.63, 3.8) is 0 Å². The summed E-state index contributed by atoms with van der Waals surface area (Å²) in [5, 5.41) is 12.9. The van der Waals surface area contributed by atoms with Crippen molar-refractivity contribution in [3.05, 3.63) is 29.8 Å². The van der Waals surface area contributed by atoms with Crippen molar-refractivity contribution in [3.8, 4) is 5.75 Å². The molecule has 0 bridgehead atoms. The fourth-order valence-corrected chi connectivity index (χ4v) is 1.59. The summed E-state index contributed by atoms with van der Waals surface area (Å²) in [5.74, 6) is 0.794. The van der Waals surface area contributed by atoms with Crippen LogP contribution in [0.25, 0.3) is 0 Å². The van der Waals surface area contributed by atoms with Crippen molar-refractivity contribution in [2.24, 2.45) is 0 Å². The molecule has 0 radical (unpaired) electrons. The topological polar surface area (TPSA) is 50.7 Å². The van der Waals surface area contributed by atoms with Crippen LogP contribution in [0.1, 0.15) is 19.4 Å². The van der Waals surface area contributed by atoms with Crippen molar-refractivity contribution in [2.45, 2.75) is 33.0 Å². The molecular weight excluding hydrogens is 242 g/mol. The predicted molar refractivity (Wildman–Crippen MR) is 76.6 cm³/mol. The SMILES string of the molecule is Cc1cccc(OCC(O)CNCCOC(C)C)c1. The van der Waals surface area contributed by atoms with Gasteiger partial charge in [0.15, 0.2) is 0 Å². The van der Waals surface area contributed by atoms with Crippen LogP contribution in [0.3, 0.4) is 0 Å². The standard InChI is InChI=1S/C15H25NO3/c1-12(2)18-8-7-16-10-14(17)11-19-15-6-4-5-13(3)9-15/h4-6,9,12,14,16-17H,7-8,10-11H2,1-3H3. The molecule has 1 atom stereocenters. The van der Waals surface area contributed by atoms with Crippen molar-refractivity contribution in [1.29, 1.82) is 0 Å². The lowest BCUT2D eigenvalue weighted by Crippen LogP contribution is -2.33. The summed E-state index contributed by atoms with van der Waals surface area (Å²) < 4.78 is 10.9. The van der Waals surface area contributed by atoms with Gasteiger partial charge in [-0.05, 0) is 38.5 Å². The molecule has 4 heteroatoms. The van der Waals surface area contributed by atoms with Gasteiger partial charge in [0, 0.05) is 13.1 Å². The lowest BCUT2D eigenvalue weighted by molar-refractivity contribution is 0.0735. The first-order valence-corrected chi connectivity index (χ1v) is 6.78. The number of aliphatic hydroxyl groups excluding tert-OH is 1. The smallest absolute Gasteiger partial charge is 0.119 e. The van der Waals surface area contributed by atoms with Crippen LogP contribution in [0, 0.1) is 6.92 Å². The van der Waals surface area contributed by atoms with Gasteiger partial charge in [0.05, 0.1) is 12.7 Å². The summed E-state index contributed by atoms with van der Waals surface area (Å²) in [7, 11) is 0. The van der Waals surface area contributed by atoms with Gasteiger partial charge in [-0.3, -0.25) is 0 Å². The molecule has 1 unspecified atom stereocenters. The van der Waals surface area contributed by atoms with E-state index in [2.05, 4.69) is 5.32 Å². The molecule has 0 saturated carbocycles. The molecule has 1 aromatic carbocycles. The van der Waals surface area contributed by atoms with E-state index in [4.69, 9.17) is 9.47 Å². The maximum atomic E-state index is 9.76. The molecule has 0 amide bonds. The molecule has 1 aromatic rings. The quantitative estimate of drug-likeness (QED) is 0.669. The van der Waals surface area contributed by atoms with Crippen LogP contribution in [0.2, 0.25) is 0 Å². The number of aliphatic hydroxyl groups is 1. The molecule has 1 rings (SSSR count). The average Bonchev–Trinajstić information content (AvgIpc) is 2.35. The van der Waals surface area contributed by atoms with E-state index in [1.807, 2.05) is 45.0 Å². The van der Waals surface area contributed by atoms with Crippen LogP contribution >= 0.6 is 0 Å². The number of nitrogens with one attached hydrogen (secondary N) is 1. The first kappa shape index (κ1) is 16.0. The average molecular weight is 267 g/mol. The van der Waals surface area contributed by atoms with E-state index < -0.39 is 6.10 Å². The summed E-state index contributed by atoms with van der Waals surface area (Å²) in [6.45, 7) is 8.21. The highest BCUT2D eigenvalue weighted by atomic mass is 16.5. The van der Waals surface area contributed by atoms with Gasteiger partial charge < -0.3 is 19.9 Å². The number of hydrogen-bond donors (Lipinski definition) is 2. The summed E-state index contributed by atoms with van der Waals surface area (Å²) in [4.78, 5) is 0. The van der Waals surface area contributed by atoms with E-state index in [1.165, 1.54) is 0 Å². The number of benzene rings is 1. The molecule has 4 nitrogen and oxygen atoms in total. The first-order chi connectivity index (χ1) is 9.08. The fourth-order valence-electron chi connectivity index (χ4n) is 1.59. The molecule has 0 saturated heterocycles. The fraction of sp³-hybridized carbons (Fsp3) is 0.600. The van der Waals surface area contributed by atoms with Gasteiger partial charge in [0.2, 0.25) is 0 Å². The Kier molecular flexibility index (Phi) is 7.48. The molecule has 0 heterocycles. The van der Waals surface area contributed by atoms with Crippen LogP contribution in [-0.2, 0) is 4.74 Å². The molecule has 0 fully saturated rings. The van der Waals surface area contributed by atoms with Crippen LogP contribution in [0.15, 0.2) is 24.3 Å². The Morgan fingerprint density at radius 2 is 2.11 bits per heavy atom. The summed E-state index contributed by atoms with van der Waals surface area (Å²) in [6.07, 6.45) is -0.268. The Balaban J connectivity index is 2.09. The van der Waals surface area contributed by atoms with Crippen LogP contribution in [0.5, 0.6) is 5.75 Å². The summed E-state index contributed by atoms with van der Waals surface area (Å²) in [6, 6.07) is 7.80. The zero-order valence-electron chi connectivity index (χ0n) is 12.1. The Hall–Kier alpha value is -1.10. The van der Waals surface area contributed by atoms with E-state index in [0.717, 1.165) is 17.9 Å². The van der Waals surface area contributed by atoms with Crippen LogP contribution in [0.4, 0.5) is 0 Å². The van der Waals surface area contributed by atoms with Gasteiger partial charge >= 0.3 is 0 Å². The third-order valence-electron chi connectivity index (χ3n) is 2.54. The maximum absolute atomic E-state index is 9.76. The van der Waals surface area contributed by atoms with Gasteiger partial charge in [-0.1, -0.05) is 12.1 Å². The lowest BCUT2D eigenvalue weighted by atomic mass is 10.2. The van der Waals surface area contributed by atoms with Crippen LogP contribution < -0.4 is 10.1 Å². The van der Waals surface area contributed by atoms with Gasteiger partial charge in [0.1, 0.15) is 18.5 Å². The van der Waals surface area contributed by atoms with Crippen molar-refractivity contribution < 1.29 is 14.6 Å². The van der Waals surface area contributed by atoms with Crippen molar-refractivity contribution in [1.82, 2.24) is 5.32 Å². The van der Waals surface area contributed by atoms with E-state index in [0.29, 0.717) is 19.8 Å². The molecule has 0 aliphatic heterocycles. The van der Waals surface area contributed by atoms with E-state index in [-0.39, 0.29) is 6.10 Å². The van der Waals surface area contributed by atoms with Gasteiger partial charge in [0.25, 0.3) is 0 Å². The van der Waals surface area contributed by atoms with Gasteiger partial charge in [-0.15, -0.1) is 0 Å². The van der Waals surface area contributed by atoms with Gasteiger partial charge in [-0.2, -0.15) is 0 Å². The van der Waals surface area contributed by atoms with Gasteiger partial charge in [-0.25, -0.2) is 0 Å². The highest BCUT2D eigenvalue weighted by Gasteiger charge is 2.05. The lowest BCUT2D eigenvalue weighted by Gasteiger charge is -2.14. The molecule has 19 heavy (non-hydrogen) atoms. The molecule has 0 aromatic heterocycles. The monoisotopic (exact) mass is 267 g/mol. The van der Waals surface area contributed by atoms with Crippen molar-refractivity contribution in [2.75, 3.05) is 26.3 Å². The highest BCUT2D eigenvalue weighted by Crippen LogP contribution is 2.12. The zero-order valence-corrected chi connectivity index (χ0v) is 12.1. The van der Waals surface area contributed by atoms with E-state index in [1.54, 1.807) is 0 Å². The Morgan fingerprint density at radius 3 is 2.79 bits per heavy atom. The summed E-state index contributed by atoms with van der Waals surface area (Å²) >= 11 is 0. The molecule has 108 valence electrons. The predicted octanol–water partition coefficient (Wildman–Crippen LogP) is 1.75. The Morgan fingerprint density at radius 1 is 1.32 bits per heavy atom. The van der Waals surface area contributed by atoms with Crippen LogP contribution in [-0.4, -0.2) is 43.6 Å². The minimum atomic E-state index is -0.514. The molecular formula is C15H25NO3. The number of hydrogen-bond acceptors (Lipinski definition) is 4. The second-order valence-electron chi connectivity index (χ2n) is 4.91. The Labute approximate surface area is 115 Å². The van der Waals surface area contributed by atoms with Crippen molar-refractivity contribution >= 4 is 0 Å². The second kappa shape index (κ2) is 8.91. The zero-order chi connectivity index (χ0) is 14.1. The minimum absolute atomic E-state index is 0.247. The number of rotatable bonds is 9. The number of ether oxygens (including phenoxy) is 2. The summed E-state index contributed by atoms with van der Waals surface area (Å²) in [5.41, 5.74) is 1.15. The number of aryl methyl sites for hydroxylation is 1. The minimum Gasteiger partial charge on any atom is -0.491 e. The first-order valence-electron chi connectivity index (χ1n) is 6.78.